The summed E-state index contributed by atoms with van der Waals surface area (Å²) in [4.78, 5) is 28.6. The third kappa shape index (κ3) is 5.31. The van der Waals surface area contributed by atoms with Crippen LogP contribution in [-0.2, 0) is 26.6 Å². The number of hydrogen-bond acceptors (Lipinski definition) is 7. The van der Waals surface area contributed by atoms with E-state index >= 15 is 0 Å². The van der Waals surface area contributed by atoms with Crippen molar-refractivity contribution < 1.29 is 27.5 Å². The third-order valence-electron chi connectivity index (χ3n) is 5.59. The summed E-state index contributed by atoms with van der Waals surface area (Å²) in [5.74, 6) is -0.108. The third-order valence-corrected chi connectivity index (χ3v) is 7.36. The van der Waals surface area contributed by atoms with Crippen molar-refractivity contribution in [3.8, 4) is 5.75 Å². The van der Waals surface area contributed by atoms with Crippen LogP contribution in [0.2, 0.25) is 0 Å². The van der Waals surface area contributed by atoms with Crippen LogP contribution >= 0.6 is 0 Å². The first-order chi connectivity index (χ1) is 15.7. The molecule has 1 amide bonds. The Hall–Kier alpha value is -3.05. The Morgan fingerprint density at radius 2 is 1.79 bits per heavy atom. The van der Waals surface area contributed by atoms with Gasteiger partial charge in [0.2, 0.25) is 15.9 Å². The normalized spacial score (nSPS) is 14.5. The Kier molecular flexibility index (Phi) is 7.65. The number of aromatic nitrogens is 1. The van der Waals surface area contributed by atoms with E-state index in [2.05, 4.69) is 4.90 Å². The molecule has 0 radical (unpaired) electrons. The quantitative estimate of drug-likeness (QED) is 0.525. The fourth-order valence-electron chi connectivity index (χ4n) is 3.73. The van der Waals surface area contributed by atoms with Crippen molar-refractivity contribution in [1.29, 1.82) is 0 Å². The van der Waals surface area contributed by atoms with Gasteiger partial charge in [-0.25, -0.2) is 13.2 Å². The van der Waals surface area contributed by atoms with Crippen molar-refractivity contribution in [3.05, 3.63) is 42.2 Å². The number of methoxy groups -OCH3 is 1. The molecule has 0 unspecified atom stereocenters. The van der Waals surface area contributed by atoms with Gasteiger partial charge in [0.1, 0.15) is 16.3 Å². The number of ether oxygens (including phenoxy) is 2. The topological polar surface area (TPSA) is 101 Å². The number of aryl methyl sites for hydroxylation is 1. The average molecular weight is 479 g/mol. The lowest BCUT2D eigenvalue weighted by Gasteiger charge is -2.37. The first-order valence-corrected chi connectivity index (χ1v) is 12.1. The molecule has 0 bridgehead atoms. The Balaban J connectivity index is 1.62. The molecule has 0 atom stereocenters. The summed E-state index contributed by atoms with van der Waals surface area (Å²) < 4.78 is 38.7. The van der Waals surface area contributed by atoms with Gasteiger partial charge in [0.05, 0.1) is 25.9 Å². The van der Waals surface area contributed by atoms with Gasteiger partial charge in [0.15, 0.2) is 0 Å². The highest BCUT2D eigenvalue weighted by Gasteiger charge is 2.29. The fraction of sp³-hybridized carbons (Fsp3) is 0.455. The van der Waals surface area contributed by atoms with Gasteiger partial charge >= 0.3 is 5.97 Å². The van der Waals surface area contributed by atoms with Crippen LogP contribution in [0.3, 0.4) is 0 Å². The zero-order chi connectivity index (χ0) is 24.2. The summed E-state index contributed by atoms with van der Waals surface area (Å²) in [5.41, 5.74) is 1.09. The number of nitrogens with zero attached hydrogens (tertiary/aromatic N) is 4. The smallest absolute Gasteiger partial charge is 0.354 e. The first-order valence-electron chi connectivity index (χ1n) is 10.6. The number of rotatable bonds is 8. The second-order valence-corrected chi connectivity index (χ2v) is 9.74. The molecule has 1 aliphatic heterocycles. The van der Waals surface area contributed by atoms with E-state index in [1.165, 1.54) is 23.9 Å². The molecule has 33 heavy (non-hydrogen) atoms. The Morgan fingerprint density at radius 1 is 1.12 bits per heavy atom. The molecule has 1 saturated heterocycles. The highest BCUT2D eigenvalue weighted by molar-refractivity contribution is 7.89. The van der Waals surface area contributed by atoms with Crippen LogP contribution in [0.1, 0.15) is 17.4 Å². The predicted octanol–water partition coefficient (Wildman–Crippen LogP) is 1.18. The van der Waals surface area contributed by atoms with Crippen LogP contribution in [0, 0.1) is 0 Å². The van der Waals surface area contributed by atoms with Crippen LogP contribution in [-0.4, -0.2) is 87.6 Å². The lowest BCUT2D eigenvalue weighted by molar-refractivity contribution is -0.131. The first kappa shape index (κ1) is 24.6. The van der Waals surface area contributed by atoms with Crippen molar-refractivity contribution in [2.45, 2.75) is 11.8 Å². The van der Waals surface area contributed by atoms with Crippen LogP contribution in [0.15, 0.2) is 41.4 Å². The molecule has 0 saturated carbocycles. The van der Waals surface area contributed by atoms with E-state index in [9.17, 15) is 18.0 Å². The van der Waals surface area contributed by atoms with E-state index in [1.54, 1.807) is 26.0 Å². The van der Waals surface area contributed by atoms with Crippen molar-refractivity contribution in [3.63, 3.8) is 0 Å². The molecule has 3 rings (SSSR count). The molecular formula is C22H30N4O6S. The summed E-state index contributed by atoms with van der Waals surface area (Å²) in [6.45, 7) is 3.75. The second-order valence-electron chi connectivity index (χ2n) is 7.69. The van der Waals surface area contributed by atoms with Gasteiger partial charge in [-0.15, -0.1) is 0 Å². The van der Waals surface area contributed by atoms with Crippen LogP contribution < -0.4 is 9.64 Å². The number of esters is 1. The van der Waals surface area contributed by atoms with E-state index < -0.39 is 16.0 Å². The van der Waals surface area contributed by atoms with Crippen molar-refractivity contribution >= 4 is 27.6 Å². The molecule has 0 aliphatic carbocycles. The number of sulfonamides is 1. The van der Waals surface area contributed by atoms with Crippen LogP contribution in [0.5, 0.6) is 5.75 Å². The lowest BCUT2D eigenvalue weighted by Crippen LogP contribution is -2.51. The number of anilines is 1. The van der Waals surface area contributed by atoms with E-state index in [4.69, 9.17) is 9.47 Å². The molecule has 1 aromatic carbocycles. The number of hydrogen-bond donors (Lipinski definition) is 0. The van der Waals surface area contributed by atoms with Gasteiger partial charge in [0, 0.05) is 46.5 Å². The number of benzene rings is 1. The van der Waals surface area contributed by atoms with E-state index in [0.717, 1.165) is 15.7 Å². The molecule has 0 spiro atoms. The number of carbonyl (C=O) groups is 2. The summed E-state index contributed by atoms with van der Waals surface area (Å²) in [6, 6.07) is 8.97. The van der Waals surface area contributed by atoms with E-state index in [0.29, 0.717) is 26.2 Å². The lowest BCUT2D eigenvalue weighted by atomic mass is 10.2. The highest BCUT2D eigenvalue weighted by Crippen LogP contribution is 2.28. The zero-order valence-electron chi connectivity index (χ0n) is 19.4. The standard InChI is InChI=1S/C22H30N4O6S/c1-5-32-22(28)19-14-17(15-23(19)2)33(29,30)24(3)16-21(27)26-12-10-25(11-13-26)18-8-6-7-9-20(18)31-4/h6-9,14-15H,5,10-13,16H2,1-4H3. The van der Waals surface area contributed by atoms with Gasteiger partial charge < -0.3 is 23.8 Å². The Morgan fingerprint density at radius 3 is 2.42 bits per heavy atom. The highest BCUT2D eigenvalue weighted by atomic mass is 32.2. The fourth-order valence-corrected chi connectivity index (χ4v) is 4.92. The molecule has 1 fully saturated rings. The monoisotopic (exact) mass is 478 g/mol. The minimum Gasteiger partial charge on any atom is -0.495 e. The van der Waals surface area contributed by atoms with Crippen molar-refractivity contribution in [2.75, 3.05) is 58.4 Å². The Labute approximate surface area is 194 Å². The number of carbonyl (C=O) groups excluding carboxylic acids is 2. The van der Waals surface area contributed by atoms with Crippen molar-refractivity contribution in [1.82, 2.24) is 13.8 Å². The summed E-state index contributed by atoms with van der Waals surface area (Å²) in [5, 5.41) is 0. The molecule has 1 aromatic heterocycles. The van der Waals surface area contributed by atoms with Crippen LogP contribution in [0.25, 0.3) is 0 Å². The Bertz CT molecular complexity index is 1110. The molecular weight excluding hydrogens is 448 g/mol. The molecule has 10 nitrogen and oxygen atoms in total. The van der Waals surface area contributed by atoms with E-state index in [-0.39, 0.29) is 29.6 Å². The van der Waals surface area contributed by atoms with Gasteiger partial charge in [-0.2, -0.15) is 4.31 Å². The molecule has 0 N–H and O–H groups in total. The molecule has 180 valence electrons. The molecule has 2 aromatic rings. The number of amides is 1. The molecule has 2 heterocycles. The number of likely N-dealkylation sites (N-methyl/N-ethyl adjacent to an activating group) is 1. The predicted molar refractivity (Wildman–Crippen MR) is 123 cm³/mol. The summed E-state index contributed by atoms with van der Waals surface area (Å²) in [7, 11) is 0.591. The maximum absolute atomic E-state index is 13.0. The minimum absolute atomic E-state index is 0.0654. The zero-order valence-corrected chi connectivity index (χ0v) is 20.2. The number of para-hydroxylation sites is 2. The number of piperazine rings is 1. The minimum atomic E-state index is -3.96. The van der Waals surface area contributed by atoms with E-state index in [1.807, 2.05) is 24.3 Å². The average Bonchev–Trinajstić information content (AvgIpc) is 3.21. The molecule has 11 heteroatoms. The maximum Gasteiger partial charge on any atom is 0.354 e. The van der Waals surface area contributed by atoms with Gasteiger partial charge in [0.25, 0.3) is 0 Å². The van der Waals surface area contributed by atoms with Gasteiger partial charge in [-0.3, -0.25) is 4.79 Å². The maximum atomic E-state index is 13.0. The second kappa shape index (κ2) is 10.3. The van der Waals surface area contributed by atoms with Crippen molar-refractivity contribution in [2.24, 2.45) is 7.05 Å². The summed E-state index contributed by atoms with van der Waals surface area (Å²) >= 11 is 0. The van der Waals surface area contributed by atoms with Gasteiger partial charge in [-0.1, -0.05) is 12.1 Å². The SMILES string of the molecule is CCOC(=O)c1cc(S(=O)(=O)N(C)CC(=O)N2CCN(c3ccccc3OC)CC2)cn1C. The van der Waals surface area contributed by atoms with Gasteiger partial charge in [-0.05, 0) is 25.1 Å². The molecule has 1 aliphatic rings. The largest absolute Gasteiger partial charge is 0.495 e. The van der Waals surface area contributed by atoms with Crippen LogP contribution in [0.4, 0.5) is 5.69 Å². The summed E-state index contributed by atoms with van der Waals surface area (Å²) in [6.07, 6.45) is 1.34.